The normalized spacial score (nSPS) is 24.4. The van der Waals surface area contributed by atoms with Crippen LogP contribution in [0.15, 0.2) is 48.6 Å². The van der Waals surface area contributed by atoms with Crippen molar-refractivity contribution in [3.05, 3.63) is 48.6 Å². The van der Waals surface area contributed by atoms with Gasteiger partial charge >= 0.3 is 0 Å². The molecule has 0 unspecified atom stereocenters. The lowest BCUT2D eigenvalue weighted by molar-refractivity contribution is 0.824. The molecule has 0 aromatic rings. The van der Waals surface area contributed by atoms with Crippen molar-refractivity contribution in [1.29, 1.82) is 0 Å². The maximum atomic E-state index is 3.65. The van der Waals surface area contributed by atoms with E-state index in [2.05, 4.69) is 25.3 Å². The minimum Gasteiger partial charge on any atom is -0.0991 e. The molecule has 0 N–H and O–H groups in total. The van der Waals surface area contributed by atoms with E-state index in [0.717, 1.165) is 0 Å². The molecule has 0 amide bonds. The Morgan fingerprint density at radius 2 is 1.30 bits per heavy atom. The van der Waals surface area contributed by atoms with Crippen LogP contribution in [0.5, 0.6) is 0 Å². The average Bonchev–Trinajstić information content (AvgIpc) is 1.93. The minimum absolute atomic E-state index is 1.20. The Kier molecular flexibility index (Phi) is 2.27. The molecule has 52 valence electrons. The van der Waals surface area contributed by atoms with Gasteiger partial charge in [0, 0.05) is 0 Å². The predicted octanol–water partition coefficient (Wildman–Crippen LogP) is 3.01. The maximum absolute atomic E-state index is 3.65. The van der Waals surface area contributed by atoms with Crippen molar-refractivity contribution in [3.63, 3.8) is 0 Å². The lowest BCUT2D eigenvalue weighted by atomic mass is 9.85. The monoisotopic (exact) mass is 132 g/mol. The summed E-state index contributed by atoms with van der Waals surface area (Å²) in [5.41, 5.74) is 2.82. The second-order valence-electron chi connectivity index (χ2n) is 2.36. The minimum atomic E-state index is 1.20. The average molecular weight is 132 g/mol. The van der Waals surface area contributed by atoms with Gasteiger partial charge in [-0.05, 0) is 24.0 Å². The fourth-order valence-corrected chi connectivity index (χ4v) is 1.08. The van der Waals surface area contributed by atoms with Gasteiger partial charge in [0.1, 0.15) is 0 Å². The van der Waals surface area contributed by atoms with Gasteiger partial charge in [-0.3, -0.25) is 0 Å². The van der Waals surface area contributed by atoms with Crippen LogP contribution in [0, 0.1) is 0 Å². The van der Waals surface area contributed by atoms with Crippen LogP contribution in [0.1, 0.15) is 12.8 Å². The van der Waals surface area contributed by atoms with Crippen LogP contribution < -0.4 is 0 Å². The van der Waals surface area contributed by atoms with Crippen molar-refractivity contribution in [2.75, 3.05) is 0 Å². The SMILES string of the molecule is C=C/C=C1/CC/C1=C/C=C. The molecule has 0 heteroatoms. The van der Waals surface area contributed by atoms with E-state index in [9.17, 15) is 0 Å². The first-order valence-corrected chi connectivity index (χ1v) is 3.52. The van der Waals surface area contributed by atoms with Gasteiger partial charge < -0.3 is 0 Å². The summed E-state index contributed by atoms with van der Waals surface area (Å²) in [6.45, 7) is 7.30. The topological polar surface area (TPSA) is 0 Å². The van der Waals surface area contributed by atoms with E-state index in [1.165, 1.54) is 24.0 Å². The maximum Gasteiger partial charge on any atom is -0.0235 e. The van der Waals surface area contributed by atoms with E-state index in [0.29, 0.717) is 0 Å². The molecule has 0 atom stereocenters. The number of hydrogen-bond donors (Lipinski definition) is 0. The van der Waals surface area contributed by atoms with Crippen molar-refractivity contribution in [3.8, 4) is 0 Å². The zero-order chi connectivity index (χ0) is 7.40. The Labute approximate surface area is 62.3 Å². The van der Waals surface area contributed by atoms with Gasteiger partial charge in [-0.2, -0.15) is 0 Å². The first-order valence-electron chi connectivity index (χ1n) is 3.52. The van der Waals surface area contributed by atoms with Crippen LogP contribution >= 0.6 is 0 Å². The van der Waals surface area contributed by atoms with E-state index in [-0.39, 0.29) is 0 Å². The van der Waals surface area contributed by atoms with Gasteiger partial charge in [-0.15, -0.1) is 0 Å². The molecule has 0 spiro atoms. The fourth-order valence-electron chi connectivity index (χ4n) is 1.08. The van der Waals surface area contributed by atoms with Crippen LogP contribution in [0.2, 0.25) is 0 Å². The molecule has 0 heterocycles. The number of hydrogen-bond acceptors (Lipinski definition) is 0. The van der Waals surface area contributed by atoms with Gasteiger partial charge in [0.05, 0.1) is 0 Å². The molecule has 1 aliphatic rings. The molecule has 10 heavy (non-hydrogen) atoms. The zero-order valence-corrected chi connectivity index (χ0v) is 6.14. The van der Waals surface area contributed by atoms with E-state index in [1.54, 1.807) is 0 Å². The quantitative estimate of drug-likeness (QED) is 0.541. The lowest BCUT2D eigenvalue weighted by Crippen LogP contribution is -2.01. The number of rotatable bonds is 2. The highest BCUT2D eigenvalue weighted by atomic mass is 14.2. The first kappa shape index (κ1) is 7.07. The highest BCUT2D eigenvalue weighted by Crippen LogP contribution is 2.32. The molecule has 0 nitrogen and oxygen atoms in total. The third kappa shape index (κ3) is 1.27. The van der Waals surface area contributed by atoms with Crippen LogP contribution in [0.25, 0.3) is 0 Å². The molecule has 1 rings (SSSR count). The van der Waals surface area contributed by atoms with Crippen LogP contribution in [0.3, 0.4) is 0 Å². The molecule has 0 aromatic carbocycles. The third-order valence-corrected chi connectivity index (χ3v) is 1.71. The summed E-state index contributed by atoms with van der Waals surface area (Å²) in [5.74, 6) is 0. The summed E-state index contributed by atoms with van der Waals surface area (Å²) in [6, 6.07) is 0. The number of allylic oxidation sites excluding steroid dienone is 6. The summed E-state index contributed by atoms with van der Waals surface area (Å²) in [4.78, 5) is 0. The predicted molar refractivity (Wildman–Crippen MR) is 45.8 cm³/mol. The molecular weight excluding hydrogens is 120 g/mol. The smallest absolute Gasteiger partial charge is 0.0235 e. The van der Waals surface area contributed by atoms with E-state index in [1.807, 2.05) is 12.2 Å². The summed E-state index contributed by atoms with van der Waals surface area (Å²) in [5, 5.41) is 0. The summed E-state index contributed by atoms with van der Waals surface area (Å²) in [7, 11) is 0. The van der Waals surface area contributed by atoms with Gasteiger partial charge in [-0.25, -0.2) is 0 Å². The van der Waals surface area contributed by atoms with Gasteiger partial charge in [0.15, 0.2) is 0 Å². The van der Waals surface area contributed by atoms with Gasteiger partial charge in [-0.1, -0.05) is 37.5 Å². The highest BCUT2D eigenvalue weighted by molar-refractivity contribution is 5.42. The molecule has 1 fully saturated rings. The molecule has 0 saturated heterocycles. The molecule has 0 radical (unpaired) electrons. The largest absolute Gasteiger partial charge is 0.0991 e. The molecule has 0 aliphatic heterocycles. The van der Waals surface area contributed by atoms with Crippen molar-refractivity contribution >= 4 is 0 Å². The standard InChI is InChI=1S/C10H12/c1-3-5-9-7-8-10(9)6-4-2/h3-6H,1-2,7-8H2/b9-5-,10-6-. The lowest BCUT2D eigenvalue weighted by Gasteiger charge is -2.20. The summed E-state index contributed by atoms with van der Waals surface area (Å²) in [6.07, 6.45) is 10.2. The highest BCUT2D eigenvalue weighted by Gasteiger charge is 2.13. The van der Waals surface area contributed by atoms with E-state index in [4.69, 9.17) is 0 Å². The van der Waals surface area contributed by atoms with Crippen molar-refractivity contribution in [2.45, 2.75) is 12.8 Å². The van der Waals surface area contributed by atoms with Gasteiger partial charge in [0.25, 0.3) is 0 Å². The van der Waals surface area contributed by atoms with E-state index < -0.39 is 0 Å². The van der Waals surface area contributed by atoms with Crippen molar-refractivity contribution in [2.24, 2.45) is 0 Å². The molecule has 0 aromatic heterocycles. The molecule has 0 bridgehead atoms. The van der Waals surface area contributed by atoms with Crippen LogP contribution in [0.4, 0.5) is 0 Å². The Hall–Kier alpha value is -1.04. The van der Waals surface area contributed by atoms with Crippen molar-refractivity contribution < 1.29 is 0 Å². The Bertz CT molecular complexity index is 180. The van der Waals surface area contributed by atoms with Crippen LogP contribution in [-0.4, -0.2) is 0 Å². The summed E-state index contributed by atoms with van der Waals surface area (Å²) >= 11 is 0. The first-order chi connectivity index (χ1) is 4.88. The molecule has 1 saturated carbocycles. The molecular formula is C10H12. The Morgan fingerprint density at radius 1 is 0.900 bits per heavy atom. The second-order valence-corrected chi connectivity index (χ2v) is 2.36. The second kappa shape index (κ2) is 3.21. The van der Waals surface area contributed by atoms with Crippen LogP contribution in [-0.2, 0) is 0 Å². The third-order valence-electron chi connectivity index (χ3n) is 1.71. The Morgan fingerprint density at radius 3 is 1.50 bits per heavy atom. The zero-order valence-electron chi connectivity index (χ0n) is 6.14. The fraction of sp³-hybridized carbons (Fsp3) is 0.200. The van der Waals surface area contributed by atoms with E-state index >= 15 is 0 Å². The Balaban J connectivity index is 2.67. The summed E-state index contributed by atoms with van der Waals surface area (Å²) < 4.78 is 0. The van der Waals surface area contributed by atoms with Gasteiger partial charge in [0.2, 0.25) is 0 Å². The van der Waals surface area contributed by atoms with Crippen molar-refractivity contribution in [1.82, 2.24) is 0 Å². The molecule has 1 aliphatic carbocycles.